The fourth-order valence-corrected chi connectivity index (χ4v) is 5.17. The molecule has 3 fully saturated rings. The van der Waals surface area contributed by atoms with Gasteiger partial charge in [0.2, 0.25) is 0 Å². The van der Waals surface area contributed by atoms with Gasteiger partial charge in [0.25, 0.3) is 0 Å². The SMILES string of the molecule is CC12COC([C@@H](NC(=O)OCC3c4ccccc4-c4ccccc43)C(=O)c3ccccc3)(OC1)OC2. The van der Waals surface area contributed by atoms with Crippen molar-refractivity contribution in [1.29, 1.82) is 0 Å². The van der Waals surface area contributed by atoms with Gasteiger partial charge in [-0.25, -0.2) is 4.79 Å². The monoisotopic (exact) mass is 485 g/mol. The van der Waals surface area contributed by atoms with Crippen LogP contribution in [-0.4, -0.2) is 50.3 Å². The molecule has 1 amide bonds. The Hall–Kier alpha value is -3.52. The van der Waals surface area contributed by atoms with Crippen molar-refractivity contribution in [1.82, 2.24) is 5.32 Å². The summed E-state index contributed by atoms with van der Waals surface area (Å²) in [6, 6.07) is 23.7. The quantitative estimate of drug-likeness (QED) is 0.517. The second-order valence-corrected chi connectivity index (χ2v) is 9.91. The Bertz CT molecular complexity index is 1240. The van der Waals surface area contributed by atoms with Crippen molar-refractivity contribution in [3.05, 3.63) is 95.6 Å². The van der Waals surface area contributed by atoms with Gasteiger partial charge in [-0.15, -0.1) is 0 Å². The van der Waals surface area contributed by atoms with E-state index >= 15 is 0 Å². The average Bonchev–Trinajstić information content (AvgIpc) is 3.25. The molecule has 0 aromatic heterocycles. The van der Waals surface area contributed by atoms with Gasteiger partial charge in [-0.3, -0.25) is 4.79 Å². The summed E-state index contributed by atoms with van der Waals surface area (Å²) >= 11 is 0. The van der Waals surface area contributed by atoms with E-state index in [0.29, 0.717) is 25.4 Å². The van der Waals surface area contributed by atoms with Crippen LogP contribution in [0.2, 0.25) is 0 Å². The zero-order valence-corrected chi connectivity index (χ0v) is 19.9. The smallest absolute Gasteiger partial charge is 0.408 e. The lowest BCUT2D eigenvalue weighted by molar-refractivity contribution is -0.468. The van der Waals surface area contributed by atoms with Crippen molar-refractivity contribution in [3.8, 4) is 11.1 Å². The van der Waals surface area contributed by atoms with Crippen LogP contribution in [0.3, 0.4) is 0 Å². The average molecular weight is 486 g/mol. The Morgan fingerprint density at radius 3 is 1.97 bits per heavy atom. The Balaban J connectivity index is 1.22. The summed E-state index contributed by atoms with van der Waals surface area (Å²) in [5.74, 6) is -2.18. The van der Waals surface area contributed by atoms with Crippen LogP contribution in [0, 0.1) is 5.41 Å². The molecule has 7 heteroatoms. The summed E-state index contributed by atoms with van der Waals surface area (Å²) in [4.78, 5) is 26.6. The maximum atomic E-state index is 13.5. The summed E-state index contributed by atoms with van der Waals surface area (Å²) < 4.78 is 23.4. The van der Waals surface area contributed by atoms with Crippen molar-refractivity contribution in [2.75, 3.05) is 26.4 Å². The second-order valence-electron chi connectivity index (χ2n) is 9.91. The Morgan fingerprint density at radius 2 is 1.39 bits per heavy atom. The molecule has 1 aliphatic carbocycles. The number of hydrogen-bond donors (Lipinski definition) is 1. The molecule has 7 rings (SSSR count). The standard InChI is InChI=1S/C29H27NO6/c1-28-16-34-29(35-17-28,36-18-28)26(25(31)19-9-3-2-4-10-19)30-27(32)33-15-24-22-13-7-5-11-20(22)21-12-6-8-14-23(21)24/h2-14,24,26H,15-18H2,1H3,(H,30,32)/t26-,28?,29?/m0/s1. The maximum absolute atomic E-state index is 13.5. The van der Waals surface area contributed by atoms with Gasteiger partial charge in [0.1, 0.15) is 6.61 Å². The molecule has 3 aromatic rings. The number of carbonyl (C=O) groups excluding carboxylic acids is 2. The van der Waals surface area contributed by atoms with Crippen molar-refractivity contribution in [2.24, 2.45) is 5.41 Å². The fourth-order valence-electron chi connectivity index (χ4n) is 5.17. The number of Topliss-reactive ketones (excluding diaryl/α,β-unsaturated/α-hetero) is 1. The molecular formula is C29H27NO6. The van der Waals surface area contributed by atoms with E-state index in [0.717, 1.165) is 22.3 Å². The van der Waals surface area contributed by atoms with Crippen LogP contribution in [0.5, 0.6) is 0 Å². The maximum Gasteiger partial charge on any atom is 0.408 e. The molecule has 36 heavy (non-hydrogen) atoms. The van der Waals surface area contributed by atoms with Crippen LogP contribution in [-0.2, 0) is 18.9 Å². The number of ether oxygens (including phenoxy) is 4. The number of ketones is 1. The topological polar surface area (TPSA) is 83.1 Å². The summed E-state index contributed by atoms with van der Waals surface area (Å²) in [6.45, 7) is 3.19. The number of carbonyl (C=O) groups is 2. The molecule has 0 radical (unpaired) electrons. The van der Waals surface area contributed by atoms with Gasteiger partial charge in [-0.05, 0) is 22.3 Å². The fraction of sp³-hybridized carbons (Fsp3) is 0.310. The number of nitrogens with one attached hydrogen (secondary N) is 1. The lowest BCUT2D eigenvalue weighted by Gasteiger charge is -2.52. The summed E-state index contributed by atoms with van der Waals surface area (Å²) in [6.07, 6.45) is -0.741. The van der Waals surface area contributed by atoms with Gasteiger partial charge < -0.3 is 24.3 Å². The number of benzene rings is 3. The van der Waals surface area contributed by atoms with E-state index in [-0.39, 0.29) is 23.7 Å². The van der Waals surface area contributed by atoms with E-state index in [9.17, 15) is 9.59 Å². The normalized spacial score (nSPS) is 25.0. The van der Waals surface area contributed by atoms with Gasteiger partial charge >= 0.3 is 12.1 Å². The van der Waals surface area contributed by atoms with E-state index in [2.05, 4.69) is 29.6 Å². The zero-order valence-electron chi connectivity index (χ0n) is 19.9. The predicted molar refractivity (Wildman–Crippen MR) is 131 cm³/mol. The minimum atomic E-state index is -1.70. The molecule has 1 N–H and O–H groups in total. The second kappa shape index (κ2) is 8.85. The highest BCUT2D eigenvalue weighted by Gasteiger charge is 2.58. The third-order valence-electron chi connectivity index (χ3n) is 7.15. The van der Waals surface area contributed by atoms with Crippen LogP contribution in [0.4, 0.5) is 4.79 Å². The molecule has 7 nitrogen and oxygen atoms in total. The highest BCUT2D eigenvalue weighted by Crippen LogP contribution is 2.45. The predicted octanol–water partition coefficient (Wildman–Crippen LogP) is 4.51. The summed E-state index contributed by atoms with van der Waals surface area (Å²) in [5, 5.41) is 2.70. The van der Waals surface area contributed by atoms with E-state index < -0.39 is 18.1 Å². The molecule has 4 aliphatic rings. The molecular weight excluding hydrogens is 458 g/mol. The van der Waals surface area contributed by atoms with Crippen molar-refractivity contribution >= 4 is 11.9 Å². The largest absolute Gasteiger partial charge is 0.449 e. The van der Waals surface area contributed by atoms with Crippen LogP contribution in [0.1, 0.15) is 34.3 Å². The lowest BCUT2D eigenvalue weighted by atomic mass is 9.90. The molecule has 2 bridgehead atoms. The van der Waals surface area contributed by atoms with Crippen LogP contribution in [0.15, 0.2) is 78.9 Å². The highest BCUT2D eigenvalue weighted by molar-refractivity contribution is 6.02. The van der Waals surface area contributed by atoms with Gasteiger partial charge in [0.15, 0.2) is 11.8 Å². The van der Waals surface area contributed by atoms with Crippen molar-refractivity contribution in [3.63, 3.8) is 0 Å². The first-order valence-corrected chi connectivity index (χ1v) is 12.1. The number of rotatable bonds is 6. The third kappa shape index (κ3) is 3.89. The van der Waals surface area contributed by atoms with E-state index in [4.69, 9.17) is 18.9 Å². The summed E-state index contributed by atoms with van der Waals surface area (Å²) in [5.41, 5.74) is 4.62. The van der Waals surface area contributed by atoms with Gasteiger partial charge in [0.05, 0.1) is 19.8 Å². The minimum absolute atomic E-state index is 0.0987. The molecule has 3 heterocycles. The molecule has 3 saturated heterocycles. The first kappa shape index (κ1) is 22.9. The van der Waals surface area contributed by atoms with Gasteiger partial charge in [-0.1, -0.05) is 85.8 Å². The molecule has 184 valence electrons. The highest BCUT2D eigenvalue weighted by atomic mass is 16.9. The van der Waals surface area contributed by atoms with Gasteiger partial charge in [0, 0.05) is 16.9 Å². The molecule has 3 aliphatic heterocycles. The van der Waals surface area contributed by atoms with E-state index in [1.165, 1.54) is 0 Å². The lowest BCUT2D eigenvalue weighted by Crippen LogP contribution is -2.69. The molecule has 3 aromatic carbocycles. The van der Waals surface area contributed by atoms with Crippen molar-refractivity contribution < 1.29 is 28.5 Å². The number of fused-ring (bicyclic) bond motifs is 6. The van der Waals surface area contributed by atoms with Crippen molar-refractivity contribution in [2.45, 2.75) is 24.9 Å². The molecule has 0 spiro atoms. The first-order valence-electron chi connectivity index (χ1n) is 12.1. The number of hydrogen-bond acceptors (Lipinski definition) is 6. The number of alkyl carbamates (subject to hydrolysis) is 1. The van der Waals surface area contributed by atoms with Crippen LogP contribution in [0.25, 0.3) is 11.1 Å². The minimum Gasteiger partial charge on any atom is -0.449 e. The molecule has 0 unspecified atom stereocenters. The summed E-state index contributed by atoms with van der Waals surface area (Å²) in [7, 11) is 0. The van der Waals surface area contributed by atoms with Crippen LogP contribution >= 0.6 is 0 Å². The molecule has 1 atom stereocenters. The van der Waals surface area contributed by atoms with Crippen LogP contribution < -0.4 is 5.32 Å². The first-order chi connectivity index (χ1) is 17.5. The van der Waals surface area contributed by atoms with E-state index in [1.807, 2.05) is 37.3 Å². The van der Waals surface area contributed by atoms with Gasteiger partial charge in [-0.2, -0.15) is 0 Å². The Labute approximate surface area is 209 Å². The number of amides is 1. The zero-order chi connectivity index (χ0) is 24.8. The Morgan fingerprint density at radius 1 is 0.861 bits per heavy atom. The van der Waals surface area contributed by atoms with E-state index in [1.54, 1.807) is 24.3 Å². The molecule has 0 saturated carbocycles. The third-order valence-corrected chi connectivity index (χ3v) is 7.15. The Kier molecular flexibility index (Phi) is 5.63.